The number of fused-ring (bicyclic) bond motifs is 1. The summed E-state index contributed by atoms with van der Waals surface area (Å²) >= 11 is 0. The fraction of sp³-hybridized carbons (Fsp3) is 0.583. The van der Waals surface area contributed by atoms with Gasteiger partial charge in [0, 0.05) is 49.5 Å². The zero-order chi connectivity index (χ0) is 24.4. The highest BCUT2D eigenvalue weighted by atomic mass is 16.6. The minimum Gasteiger partial charge on any atom is -0.475 e. The van der Waals surface area contributed by atoms with E-state index < -0.39 is 0 Å². The molecule has 0 radical (unpaired) electrons. The van der Waals surface area contributed by atoms with Gasteiger partial charge in [0.25, 0.3) is 5.88 Å². The van der Waals surface area contributed by atoms with Gasteiger partial charge in [-0.15, -0.1) is 5.10 Å². The maximum atomic E-state index is 11.9. The number of carbonyl (C=O) groups excluding carboxylic acids is 1. The lowest BCUT2D eigenvalue weighted by Crippen LogP contribution is -2.33. The summed E-state index contributed by atoms with van der Waals surface area (Å²) < 4.78 is 18.8. The van der Waals surface area contributed by atoms with Crippen LogP contribution in [-0.4, -0.2) is 63.0 Å². The van der Waals surface area contributed by atoms with Crippen molar-refractivity contribution in [2.24, 2.45) is 13.0 Å². The third-order valence-corrected chi connectivity index (χ3v) is 6.54. The van der Waals surface area contributed by atoms with Gasteiger partial charge in [0.2, 0.25) is 0 Å². The summed E-state index contributed by atoms with van der Waals surface area (Å²) in [5, 5.41) is 18.3. The Kier molecular flexibility index (Phi) is 6.76. The number of aromatic amines is 1. The molecular formula is C24H33N7O4. The molecule has 3 aromatic rings. The number of carbonyl (C=O) groups is 1. The molecule has 1 saturated carbocycles. The third kappa shape index (κ3) is 5.34. The van der Waals surface area contributed by atoms with E-state index >= 15 is 0 Å². The van der Waals surface area contributed by atoms with Gasteiger partial charge >= 0.3 is 6.09 Å². The highest BCUT2D eigenvalue weighted by molar-refractivity contribution is 5.92. The summed E-state index contributed by atoms with van der Waals surface area (Å²) in [6, 6.07) is 3.98. The predicted molar refractivity (Wildman–Crippen MR) is 130 cm³/mol. The molecule has 3 atom stereocenters. The second-order valence-corrected chi connectivity index (χ2v) is 9.69. The van der Waals surface area contributed by atoms with Crippen LogP contribution in [0.5, 0.6) is 5.88 Å². The molecule has 1 unspecified atom stereocenters. The van der Waals surface area contributed by atoms with Crippen molar-refractivity contribution in [3.05, 3.63) is 24.0 Å². The van der Waals surface area contributed by atoms with Gasteiger partial charge in [0.05, 0.1) is 18.9 Å². The van der Waals surface area contributed by atoms with Crippen molar-refractivity contribution in [1.29, 1.82) is 0 Å². The van der Waals surface area contributed by atoms with E-state index in [0.717, 1.165) is 55.8 Å². The number of aromatic nitrogens is 5. The Bertz CT molecular complexity index is 1170. The zero-order valence-electron chi connectivity index (χ0n) is 20.4. The summed E-state index contributed by atoms with van der Waals surface area (Å²) in [6.45, 7) is 5.92. The molecule has 188 valence electrons. The van der Waals surface area contributed by atoms with E-state index in [9.17, 15) is 4.79 Å². The van der Waals surface area contributed by atoms with E-state index in [1.165, 1.54) is 0 Å². The normalized spacial score (nSPS) is 22.1. The van der Waals surface area contributed by atoms with E-state index in [1.807, 2.05) is 33.0 Å². The number of aryl methyl sites for hydroxylation is 1. The number of amides is 1. The van der Waals surface area contributed by atoms with Crippen LogP contribution in [0, 0.1) is 5.92 Å². The number of ether oxygens (including phenoxy) is 3. The van der Waals surface area contributed by atoms with E-state index in [0.29, 0.717) is 29.7 Å². The average Bonchev–Trinajstić information content (AvgIpc) is 3.60. The lowest BCUT2D eigenvalue weighted by atomic mass is 10.0. The van der Waals surface area contributed by atoms with Crippen molar-refractivity contribution < 1.29 is 19.0 Å². The van der Waals surface area contributed by atoms with Gasteiger partial charge in [0.1, 0.15) is 11.6 Å². The van der Waals surface area contributed by atoms with Crippen LogP contribution in [0.25, 0.3) is 11.0 Å². The highest BCUT2D eigenvalue weighted by Crippen LogP contribution is 2.37. The molecule has 2 fully saturated rings. The first-order valence-electron chi connectivity index (χ1n) is 12.3. The van der Waals surface area contributed by atoms with Crippen molar-refractivity contribution in [2.45, 2.75) is 57.6 Å². The number of anilines is 2. The van der Waals surface area contributed by atoms with Gasteiger partial charge in [-0.25, -0.2) is 9.78 Å². The van der Waals surface area contributed by atoms with E-state index in [-0.39, 0.29) is 24.2 Å². The minimum atomic E-state index is -0.351. The molecular weight excluding hydrogens is 450 g/mol. The van der Waals surface area contributed by atoms with Crippen LogP contribution in [-0.2, 0) is 16.5 Å². The van der Waals surface area contributed by atoms with Crippen molar-refractivity contribution in [1.82, 2.24) is 30.3 Å². The van der Waals surface area contributed by atoms with Crippen LogP contribution in [0.2, 0.25) is 0 Å². The SMILES string of the molecule is CC(C)NC(=O)O[C@@H]1CC[C@H](c2cc(Nc3ccnc4c(OCC5CCOC5)nn(C)c34)n[nH]2)C1. The Morgan fingerprint density at radius 2 is 2.23 bits per heavy atom. The number of hydrogen-bond acceptors (Lipinski definition) is 8. The molecule has 0 aromatic carbocycles. The average molecular weight is 484 g/mol. The second-order valence-electron chi connectivity index (χ2n) is 9.69. The minimum absolute atomic E-state index is 0.0598. The summed E-state index contributed by atoms with van der Waals surface area (Å²) in [4.78, 5) is 16.4. The topological polar surface area (TPSA) is 128 Å². The van der Waals surface area contributed by atoms with Crippen molar-refractivity contribution in [3.8, 4) is 5.88 Å². The van der Waals surface area contributed by atoms with Crippen LogP contribution in [0.15, 0.2) is 18.3 Å². The number of nitrogens with one attached hydrogen (secondary N) is 3. The van der Waals surface area contributed by atoms with Crippen molar-refractivity contribution >= 4 is 28.6 Å². The van der Waals surface area contributed by atoms with Gasteiger partial charge in [-0.05, 0) is 45.6 Å². The van der Waals surface area contributed by atoms with Gasteiger partial charge in [-0.2, -0.15) is 5.10 Å². The molecule has 1 aliphatic heterocycles. The largest absolute Gasteiger partial charge is 0.475 e. The Hall–Kier alpha value is -3.34. The summed E-state index contributed by atoms with van der Waals surface area (Å²) in [7, 11) is 1.88. The molecule has 5 rings (SSSR count). The first-order chi connectivity index (χ1) is 17.0. The molecule has 0 bridgehead atoms. The van der Waals surface area contributed by atoms with Gasteiger partial charge in [-0.3, -0.25) is 9.78 Å². The number of nitrogens with zero attached hydrogens (tertiary/aromatic N) is 4. The van der Waals surface area contributed by atoms with E-state index in [2.05, 4.69) is 30.9 Å². The number of pyridine rings is 1. The van der Waals surface area contributed by atoms with Gasteiger partial charge in [-0.1, -0.05) is 0 Å². The Balaban J connectivity index is 1.24. The van der Waals surface area contributed by atoms with Crippen LogP contribution in [0.1, 0.15) is 51.1 Å². The van der Waals surface area contributed by atoms with Crippen LogP contribution >= 0.6 is 0 Å². The molecule has 11 heteroatoms. The third-order valence-electron chi connectivity index (χ3n) is 6.54. The maximum Gasteiger partial charge on any atom is 0.407 e. The molecule has 4 heterocycles. The fourth-order valence-corrected chi connectivity index (χ4v) is 4.78. The fourth-order valence-electron chi connectivity index (χ4n) is 4.78. The lowest BCUT2D eigenvalue weighted by molar-refractivity contribution is 0.0981. The number of hydrogen-bond donors (Lipinski definition) is 3. The van der Waals surface area contributed by atoms with Crippen molar-refractivity contribution in [3.63, 3.8) is 0 Å². The number of H-pyrrole nitrogens is 1. The molecule has 1 saturated heterocycles. The van der Waals surface area contributed by atoms with Crippen LogP contribution < -0.4 is 15.4 Å². The monoisotopic (exact) mass is 483 g/mol. The standard InChI is InChI=1S/C24H33N7O4/c1-14(2)26-24(32)35-17-5-4-16(10-17)19-11-20(29-28-19)27-18-6-8-25-21-22(18)31(3)30-23(21)34-13-15-7-9-33-12-15/h6,8,11,14-17H,4-5,7,9-10,12-13H2,1-3H3,(H,26,32)(H2,25,27,28,29)/t15?,16-,17+/m0/s1. The highest BCUT2D eigenvalue weighted by Gasteiger charge is 2.30. The Morgan fingerprint density at radius 1 is 1.34 bits per heavy atom. The molecule has 0 spiro atoms. The summed E-state index contributed by atoms with van der Waals surface area (Å²) in [5.41, 5.74) is 3.43. The number of alkyl carbamates (subject to hydrolysis) is 1. The molecule has 1 amide bonds. The summed E-state index contributed by atoms with van der Waals surface area (Å²) in [6.07, 6.45) is 4.87. The predicted octanol–water partition coefficient (Wildman–Crippen LogP) is 3.62. The van der Waals surface area contributed by atoms with Crippen LogP contribution in [0.4, 0.5) is 16.3 Å². The molecule has 1 aliphatic carbocycles. The molecule has 2 aliphatic rings. The number of rotatable bonds is 8. The first kappa shape index (κ1) is 23.4. The molecule has 3 N–H and O–H groups in total. The zero-order valence-corrected chi connectivity index (χ0v) is 20.4. The molecule has 3 aromatic heterocycles. The van der Waals surface area contributed by atoms with E-state index in [4.69, 9.17) is 14.2 Å². The quantitative estimate of drug-likeness (QED) is 0.443. The first-order valence-corrected chi connectivity index (χ1v) is 12.3. The lowest BCUT2D eigenvalue weighted by Gasteiger charge is -2.14. The van der Waals surface area contributed by atoms with Gasteiger partial charge in [0.15, 0.2) is 11.3 Å². The Morgan fingerprint density at radius 3 is 3.03 bits per heavy atom. The maximum absolute atomic E-state index is 11.9. The van der Waals surface area contributed by atoms with Gasteiger partial charge < -0.3 is 24.8 Å². The van der Waals surface area contributed by atoms with E-state index in [1.54, 1.807) is 10.9 Å². The Labute approximate surface area is 203 Å². The second kappa shape index (κ2) is 10.1. The summed E-state index contributed by atoms with van der Waals surface area (Å²) in [5.74, 6) is 1.89. The smallest absolute Gasteiger partial charge is 0.407 e. The molecule has 11 nitrogen and oxygen atoms in total. The van der Waals surface area contributed by atoms with Crippen molar-refractivity contribution in [2.75, 3.05) is 25.1 Å². The van der Waals surface area contributed by atoms with Crippen LogP contribution in [0.3, 0.4) is 0 Å². The molecule has 35 heavy (non-hydrogen) atoms.